The first-order valence-corrected chi connectivity index (χ1v) is 10.7. The van der Waals surface area contributed by atoms with Gasteiger partial charge in [-0.2, -0.15) is 0 Å². The van der Waals surface area contributed by atoms with Gasteiger partial charge in [0.2, 0.25) is 0 Å². The van der Waals surface area contributed by atoms with Gasteiger partial charge in [0, 0.05) is 25.7 Å². The summed E-state index contributed by atoms with van der Waals surface area (Å²) in [5.74, 6) is 1.55. The number of carbonyl (C=O) groups is 2. The number of furan rings is 1. The Bertz CT molecular complexity index is 721. The average Bonchev–Trinajstić information content (AvgIpc) is 2.82. The van der Waals surface area contributed by atoms with E-state index in [2.05, 4.69) is 15.9 Å². The van der Waals surface area contributed by atoms with Gasteiger partial charge in [-0.1, -0.05) is 0 Å². The van der Waals surface area contributed by atoms with E-state index in [1.54, 1.807) is 4.90 Å². The second-order valence-corrected chi connectivity index (χ2v) is 9.68. The number of aryl methyl sites for hydroxylation is 2. The summed E-state index contributed by atoms with van der Waals surface area (Å²) in [6.45, 7) is 15.2. The van der Waals surface area contributed by atoms with Crippen LogP contribution in [0.5, 0.6) is 0 Å². The van der Waals surface area contributed by atoms with Gasteiger partial charge < -0.3 is 19.0 Å². The van der Waals surface area contributed by atoms with E-state index in [0.717, 1.165) is 23.9 Å². The molecule has 1 saturated heterocycles. The van der Waals surface area contributed by atoms with Gasteiger partial charge in [-0.3, -0.25) is 4.79 Å². The highest BCUT2D eigenvalue weighted by molar-refractivity contribution is 9.10. The lowest BCUT2D eigenvalue weighted by Crippen LogP contribution is -2.48. The Morgan fingerprint density at radius 3 is 2.43 bits per heavy atom. The van der Waals surface area contributed by atoms with Crippen molar-refractivity contribution in [1.29, 1.82) is 0 Å². The maximum absolute atomic E-state index is 13.1. The number of ether oxygens (including phenoxy) is 1. The number of hydrogen-bond donors (Lipinski definition) is 0. The van der Waals surface area contributed by atoms with Crippen LogP contribution in [0, 0.1) is 19.8 Å². The summed E-state index contributed by atoms with van der Waals surface area (Å²) in [5.41, 5.74) is 0.0767. The zero-order chi connectivity index (χ0) is 21.2. The SMILES string of the molecule is Cc1oc(C)c(C(=O)N2CCCC(CN(C(=O)OC(C)(C)C)C(C)C)C2)c1Br. The average molecular weight is 457 g/mol. The van der Waals surface area contributed by atoms with Gasteiger partial charge in [-0.25, -0.2) is 4.79 Å². The van der Waals surface area contributed by atoms with Crippen molar-refractivity contribution in [2.45, 2.75) is 73.0 Å². The zero-order valence-electron chi connectivity index (χ0n) is 18.1. The predicted molar refractivity (Wildman–Crippen MR) is 113 cm³/mol. The molecule has 1 aromatic heterocycles. The molecule has 158 valence electrons. The van der Waals surface area contributed by atoms with Crippen LogP contribution >= 0.6 is 15.9 Å². The molecule has 6 nitrogen and oxygen atoms in total. The lowest BCUT2D eigenvalue weighted by Gasteiger charge is -2.37. The molecule has 0 aliphatic carbocycles. The molecule has 1 unspecified atom stereocenters. The first kappa shape index (κ1) is 22.8. The molecule has 1 aliphatic rings. The smallest absolute Gasteiger partial charge is 0.410 e. The third-order valence-electron chi connectivity index (χ3n) is 4.91. The van der Waals surface area contributed by atoms with Gasteiger partial charge in [0.25, 0.3) is 5.91 Å². The van der Waals surface area contributed by atoms with Gasteiger partial charge in [-0.15, -0.1) is 0 Å². The second-order valence-electron chi connectivity index (χ2n) is 8.89. The molecule has 28 heavy (non-hydrogen) atoms. The van der Waals surface area contributed by atoms with Crippen LogP contribution in [0.1, 0.15) is 69.3 Å². The van der Waals surface area contributed by atoms with E-state index in [9.17, 15) is 9.59 Å². The molecule has 1 fully saturated rings. The minimum atomic E-state index is -0.526. The highest BCUT2D eigenvalue weighted by atomic mass is 79.9. The summed E-state index contributed by atoms with van der Waals surface area (Å²) in [7, 11) is 0. The Kier molecular flexibility index (Phi) is 7.23. The highest BCUT2D eigenvalue weighted by Crippen LogP contribution is 2.30. The Balaban J connectivity index is 2.09. The normalized spacial score (nSPS) is 17.8. The van der Waals surface area contributed by atoms with Crippen molar-refractivity contribution < 1.29 is 18.7 Å². The van der Waals surface area contributed by atoms with Crippen molar-refractivity contribution in [3.05, 3.63) is 21.6 Å². The summed E-state index contributed by atoms with van der Waals surface area (Å²) in [6, 6.07) is 0.0360. The molecule has 0 saturated carbocycles. The van der Waals surface area contributed by atoms with E-state index in [4.69, 9.17) is 9.15 Å². The number of rotatable bonds is 4. The molecule has 2 amide bonds. The molecule has 0 spiro atoms. The van der Waals surface area contributed by atoms with Crippen LogP contribution in [0.25, 0.3) is 0 Å². The van der Waals surface area contributed by atoms with Crippen LogP contribution in [0.3, 0.4) is 0 Å². The molecule has 0 radical (unpaired) electrons. The van der Waals surface area contributed by atoms with Crippen LogP contribution in [-0.2, 0) is 4.74 Å². The maximum Gasteiger partial charge on any atom is 0.410 e. The number of nitrogens with zero attached hydrogens (tertiary/aromatic N) is 2. The van der Waals surface area contributed by atoms with Crippen molar-refractivity contribution in [2.75, 3.05) is 19.6 Å². The molecule has 1 atom stereocenters. The Labute approximate surface area is 176 Å². The quantitative estimate of drug-likeness (QED) is 0.627. The molecule has 1 aromatic rings. The zero-order valence-corrected chi connectivity index (χ0v) is 19.7. The molecule has 2 heterocycles. The summed E-state index contributed by atoms with van der Waals surface area (Å²) >= 11 is 3.48. The van der Waals surface area contributed by atoms with Crippen LogP contribution in [0.4, 0.5) is 4.79 Å². The predicted octanol–water partition coefficient (Wildman–Crippen LogP) is 5.16. The van der Waals surface area contributed by atoms with Crippen molar-refractivity contribution in [1.82, 2.24) is 9.80 Å². The van der Waals surface area contributed by atoms with Crippen LogP contribution in [-0.4, -0.2) is 53.1 Å². The summed E-state index contributed by atoms with van der Waals surface area (Å²) in [6.07, 6.45) is 1.61. The fourth-order valence-corrected chi connectivity index (χ4v) is 4.08. The molecule has 0 aromatic carbocycles. The minimum absolute atomic E-state index is 0.0145. The van der Waals surface area contributed by atoms with Crippen molar-refractivity contribution in [2.24, 2.45) is 5.92 Å². The minimum Gasteiger partial charge on any atom is -0.465 e. The summed E-state index contributed by atoms with van der Waals surface area (Å²) < 4.78 is 11.9. The van der Waals surface area contributed by atoms with E-state index in [1.165, 1.54) is 0 Å². The Morgan fingerprint density at radius 2 is 1.93 bits per heavy atom. The third kappa shape index (κ3) is 5.52. The van der Waals surface area contributed by atoms with E-state index < -0.39 is 5.60 Å². The maximum atomic E-state index is 13.1. The number of likely N-dealkylation sites (tertiary alicyclic amines) is 1. The molecular weight excluding hydrogens is 424 g/mol. The first-order valence-electron chi connectivity index (χ1n) is 9.95. The second kappa shape index (κ2) is 8.89. The molecule has 2 rings (SSSR count). The standard InChI is InChI=1S/C21H33BrN2O4/c1-13(2)24(20(26)28-21(5,6)7)12-16-9-8-10-23(11-16)19(25)17-14(3)27-15(4)18(17)22/h13,16H,8-12H2,1-7H3. The highest BCUT2D eigenvalue weighted by Gasteiger charge is 2.32. The number of piperidine rings is 1. The van der Waals surface area contributed by atoms with Gasteiger partial charge in [0.1, 0.15) is 17.1 Å². The molecule has 0 N–H and O–H groups in total. The van der Waals surface area contributed by atoms with Crippen molar-refractivity contribution >= 4 is 27.9 Å². The van der Waals surface area contributed by atoms with Gasteiger partial charge in [0.15, 0.2) is 0 Å². The summed E-state index contributed by atoms with van der Waals surface area (Å²) in [4.78, 5) is 29.3. The molecule has 7 heteroatoms. The Hall–Kier alpha value is -1.50. The van der Waals surface area contributed by atoms with Gasteiger partial charge >= 0.3 is 6.09 Å². The Morgan fingerprint density at radius 1 is 1.29 bits per heavy atom. The lowest BCUT2D eigenvalue weighted by molar-refractivity contribution is 0.0124. The molecule has 1 aliphatic heterocycles. The fourth-order valence-electron chi connectivity index (χ4n) is 3.55. The molecule has 0 bridgehead atoms. The largest absolute Gasteiger partial charge is 0.465 e. The number of amides is 2. The van der Waals surface area contributed by atoms with Crippen molar-refractivity contribution in [3.63, 3.8) is 0 Å². The van der Waals surface area contributed by atoms with Crippen LogP contribution in [0.2, 0.25) is 0 Å². The van der Waals surface area contributed by atoms with Gasteiger partial charge in [-0.05, 0) is 83.2 Å². The lowest BCUT2D eigenvalue weighted by atomic mass is 9.96. The van der Waals surface area contributed by atoms with Crippen LogP contribution in [0.15, 0.2) is 8.89 Å². The van der Waals surface area contributed by atoms with Gasteiger partial charge in [0.05, 0.1) is 10.0 Å². The number of halogens is 1. The first-order chi connectivity index (χ1) is 12.9. The van der Waals surface area contributed by atoms with Crippen molar-refractivity contribution in [3.8, 4) is 0 Å². The number of carbonyl (C=O) groups excluding carboxylic acids is 2. The van der Waals surface area contributed by atoms with E-state index in [1.807, 2.05) is 53.4 Å². The van der Waals surface area contributed by atoms with Crippen LogP contribution < -0.4 is 0 Å². The number of hydrogen-bond acceptors (Lipinski definition) is 4. The fraction of sp³-hybridized carbons (Fsp3) is 0.714. The monoisotopic (exact) mass is 456 g/mol. The topological polar surface area (TPSA) is 63.0 Å². The third-order valence-corrected chi connectivity index (χ3v) is 5.87. The van der Waals surface area contributed by atoms with E-state index in [-0.39, 0.29) is 24.0 Å². The molecular formula is C21H33BrN2O4. The summed E-state index contributed by atoms with van der Waals surface area (Å²) in [5, 5.41) is 0. The van der Waals surface area contributed by atoms with E-state index in [0.29, 0.717) is 30.2 Å². The van der Waals surface area contributed by atoms with E-state index >= 15 is 0 Å².